The molecule has 0 aromatic carbocycles. The van der Waals surface area contributed by atoms with E-state index in [1.54, 1.807) is 0 Å². The largest absolute Gasteiger partial charge is 0.377 e. The molecule has 3 heteroatoms. The Labute approximate surface area is 98.8 Å². The van der Waals surface area contributed by atoms with Gasteiger partial charge in [-0.05, 0) is 57.4 Å². The maximum atomic E-state index is 5.42. The molecule has 0 atom stereocenters. The van der Waals surface area contributed by atoms with Gasteiger partial charge in [0.15, 0.2) is 0 Å². The minimum Gasteiger partial charge on any atom is -0.377 e. The Kier molecular flexibility index (Phi) is 4.82. The first-order valence-corrected chi connectivity index (χ1v) is 6.49. The standard InChI is InChI=1S/C13H24N2O/c1-15-6-4-12(5-7-15)9-14-10-13-3-2-8-16-11-13/h3,12,14H,2,4-11H2,1H3. The van der Waals surface area contributed by atoms with Gasteiger partial charge in [0.1, 0.15) is 0 Å². The van der Waals surface area contributed by atoms with Crippen LogP contribution in [0.1, 0.15) is 19.3 Å². The summed E-state index contributed by atoms with van der Waals surface area (Å²) in [6.45, 7) is 6.45. The Morgan fingerprint density at radius 3 is 2.94 bits per heavy atom. The van der Waals surface area contributed by atoms with Gasteiger partial charge in [0, 0.05) is 6.54 Å². The monoisotopic (exact) mass is 224 g/mol. The van der Waals surface area contributed by atoms with Gasteiger partial charge >= 0.3 is 0 Å². The van der Waals surface area contributed by atoms with Crippen LogP contribution in [-0.2, 0) is 4.74 Å². The van der Waals surface area contributed by atoms with Crippen LogP contribution in [0.2, 0.25) is 0 Å². The quantitative estimate of drug-likeness (QED) is 0.728. The van der Waals surface area contributed by atoms with Gasteiger partial charge in [-0.2, -0.15) is 0 Å². The fraction of sp³-hybridized carbons (Fsp3) is 0.846. The van der Waals surface area contributed by atoms with Crippen molar-refractivity contribution < 1.29 is 4.74 Å². The highest BCUT2D eigenvalue weighted by Gasteiger charge is 2.16. The summed E-state index contributed by atoms with van der Waals surface area (Å²) in [5, 5.41) is 3.57. The molecule has 0 spiro atoms. The summed E-state index contributed by atoms with van der Waals surface area (Å²) in [5.41, 5.74) is 1.43. The number of piperidine rings is 1. The van der Waals surface area contributed by atoms with E-state index < -0.39 is 0 Å². The normalized spacial score (nSPS) is 24.4. The van der Waals surface area contributed by atoms with Crippen molar-refractivity contribution in [3.8, 4) is 0 Å². The van der Waals surface area contributed by atoms with Crippen LogP contribution < -0.4 is 5.32 Å². The third-order valence-corrected chi connectivity index (χ3v) is 3.61. The molecule has 1 fully saturated rings. The zero-order chi connectivity index (χ0) is 11.2. The SMILES string of the molecule is CN1CCC(CNCC2=CCCOC2)CC1. The van der Waals surface area contributed by atoms with E-state index in [2.05, 4.69) is 23.3 Å². The van der Waals surface area contributed by atoms with Crippen LogP contribution in [0.25, 0.3) is 0 Å². The maximum Gasteiger partial charge on any atom is 0.0689 e. The van der Waals surface area contributed by atoms with E-state index in [4.69, 9.17) is 4.74 Å². The molecule has 2 rings (SSSR count). The van der Waals surface area contributed by atoms with E-state index in [1.165, 1.54) is 38.0 Å². The van der Waals surface area contributed by atoms with E-state index >= 15 is 0 Å². The molecule has 0 aromatic rings. The number of nitrogens with one attached hydrogen (secondary N) is 1. The van der Waals surface area contributed by atoms with Crippen molar-refractivity contribution in [1.29, 1.82) is 0 Å². The highest BCUT2D eigenvalue weighted by Crippen LogP contribution is 2.14. The molecular formula is C13H24N2O. The molecule has 0 radical (unpaired) electrons. The summed E-state index contributed by atoms with van der Waals surface area (Å²) in [7, 11) is 2.22. The second-order valence-corrected chi connectivity index (χ2v) is 5.08. The Morgan fingerprint density at radius 1 is 1.44 bits per heavy atom. The van der Waals surface area contributed by atoms with Gasteiger partial charge in [-0.3, -0.25) is 0 Å². The third-order valence-electron chi connectivity index (χ3n) is 3.61. The molecule has 16 heavy (non-hydrogen) atoms. The zero-order valence-corrected chi connectivity index (χ0v) is 10.4. The Bertz CT molecular complexity index is 232. The van der Waals surface area contributed by atoms with Crippen LogP contribution in [0.15, 0.2) is 11.6 Å². The van der Waals surface area contributed by atoms with Crippen molar-refractivity contribution in [3.63, 3.8) is 0 Å². The van der Waals surface area contributed by atoms with Gasteiger partial charge in [0.2, 0.25) is 0 Å². The van der Waals surface area contributed by atoms with Crippen molar-refractivity contribution in [2.45, 2.75) is 19.3 Å². The van der Waals surface area contributed by atoms with Gasteiger partial charge in [-0.25, -0.2) is 0 Å². The third kappa shape index (κ3) is 3.89. The number of hydrogen-bond donors (Lipinski definition) is 1. The van der Waals surface area contributed by atoms with Gasteiger partial charge in [-0.1, -0.05) is 6.08 Å². The number of rotatable bonds is 4. The number of nitrogens with zero attached hydrogens (tertiary/aromatic N) is 1. The summed E-state index contributed by atoms with van der Waals surface area (Å²) in [6.07, 6.45) is 6.11. The smallest absolute Gasteiger partial charge is 0.0689 e. The molecule has 0 unspecified atom stereocenters. The molecule has 0 amide bonds. The van der Waals surface area contributed by atoms with Gasteiger partial charge < -0.3 is 15.0 Å². The zero-order valence-electron chi connectivity index (χ0n) is 10.4. The summed E-state index contributed by atoms with van der Waals surface area (Å²) in [5.74, 6) is 0.876. The predicted octanol–water partition coefficient (Wildman–Crippen LogP) is 1.26. The first-order chi connectivity index (χ1) is 7.84. The van der Waals surface area contributed by atoms with Crippen molar-refractivity contribution in [2.75, 3.05) is 46.4 Å². The lowest BCUT2D eigenvalue weighted by Crippen LogP contribution is -2.35. The summed E-state index contributed by atoms with van der Waals surface area (Å²) in [6, 6.07) is 0. The number of likely N-dealkylation sites (tertiary alicyclic amines) is 1. The lowest BCUT2D eigenvalue weighted by atomic mass is 9.97. The highest BCUT2D eigenvalue weighted by atomic mass is 16.5. The first-order valence-electron chi connectivity index (χ1n) is 6.49. The molecule has 0 aliphatic carbocycles. The van der Waals surface area contributed by atoms with Gasteiger partial charge in [-0.15, -0.1) is 0 Å². The molecule has 1 saturated heterocycles. The van der Waals surface area contributed by atoms with Crippen LogP contribution in [0, 0.1) is 5.92 Å². The lowest BCUT2D eigenvalue weighted by Gasteiger charge is -2.29. The molecule has 0 aromatic heterocycles. The predicted molar refractivity (Wildman–Crippen MR) is 66.6 cm³/mol. The number of hydrogen-bond acceptors (Lipinski definition) is 3. The van der Waals surface area contributed by atoms with Crippen molar-refractivity contribution in [1.82, 2.24) is 10.2 Å². The topological polar surface area (TPSA) is 24.5 Å². The van der Waals surface area contributed by atoms with Crippen molar-refractivity contribution in [2.24, 2.45) is 5.92 Å². The maximum absolute atomic E-state index is 5.42. The van der Waals surface area contributed by atoms with E-state index in [0.29, 0.717) is 0 Å². The lowest BCUT2D eigenvalue weighted by molar-refractivity contribution is 0.148. The second kappa shape index (κ2) is 6.38. The molecule has 0 saturated carbocycles. The molecule has 1 N–H and O–H groups in total. The molecule has 2 aliphatic rings. The van der Waals surface area contributed by atoms with Crippen LogP contribution in [0.5, 0.6) is 0 Å². The van der Waals surface area contributed by atoms with Crippen molar-refractivity contribution in [3.05, 3.63) is 11.6 Å². The molecule has 2 heterocycles. The molecule has 92 valence electrons. The van der Waals surface area contributed by atoms with Crippen molar-refractivity contribution >= 4 is 0 Å². The fourth-order valence-electron chi connectivity index (χ4n) is 2.43. The molecule has 3 nitrogen and oxygen atoms in total. The summed E-state index contributed by atoms with van der Waals surface area (Å²) in [4.78, 5) is 2.42. The van der Waals surface area contributed by atoms with E-state index in [9.17, 15) is 0 Å². The van der Waals surface area contributed by atoms with E-state index in [0.717, 1.165) is 32.1 Å². The minimum absolute atomic E-state index is 0.834. The molecule has 0 bridgehead atoms. The van der Waals surface area contributed by atoms with E-state index in [-0.39, 0.29) is 0 Å². The summed E-state index contributed by atoms with van der Waals surface area (Å²) < 4.78 is 5.42. The van der Waals surface area contributed by atoms with Crippen LogP contribution in [0.3, 0.4) is 0 Å². The molecule has 2 aliphatic heterocycles. The van der Waals surface area contributed by atoms with Crippen LogP contribution >= 0.6 is 0 Å². The fourth-order valence-corrected chi connectivity index (χ4v) is 2.43. The molecular weight excluding hydrogens is 200 g/mol. The minimum atomic E-state index is 0.834. The second-order valence-electron chi connectivity index (χ2n) is 5.08. The van der Waals surface area contributed by atoms with E-state index in [1.807, 2.05) is 0 Å². The average molecular weight is 224 g/mol. The Balaban J connectivity index is 1.59. The Hall–Kier alpha value is -0.380. The number of ether oxygens (including phenoxy) is 1. The summed E-state index contributed by atoms with van der Waals surface area (Å²) >= 11 is 0. The van der Waals surface area contributed by atoms with Crippen LogP contribution in [0.4, 0.5) is 0 Å². The van der Waals surface area contributed by atoms with Gasteiger partial charge in [0.05, 0.1) is 13.2 Å². The van der Waals surface area contributed by atoms with Gasteiger partial charge in [0.25, 0.3) is 0 Å². The van der Waals surface area contributed by atoms with Crippen LogP contribution in [-0.4, -0.2) is 51.3 Å². The average Bonchev–Trinajstić information content (AvgIpc) is 2.33. The first kappa shape index (κ1) is 12.1. The Morgan fingerprint density at radius 2 is 2.25 bits per heavy atom. The highest BCUT2D eigenvalue weighted by molar-refractivity contribution is 5.06.